The standard InChI is InChI=1S/C11H19N3O2/c1-4-14(9-11(15)16-5-2)8-10-12-6-7-13(10)3/h6-7H,4-5,8-9H2,1-3H3. The van der Waals surface area contributed by atoms with Gasteiger partial charge in [0, 0.05) is 19.4 Å². The Balaban J connectivity index is 2.49. The molecule has 1 rings (SSSR count). The molecule has 0 saturated carbocycles. The van der Waals surface area contributed by atoms with E-state index in [2.05, 4.69) is 4.98 Å². The van der Waals surface area contributed by atoms with Gasteiger partial charge >= 0.3 is 5.97 Å². The van der Waals surface area contributed by atoms with E-state index < -0.39 is 0 Å². The highest BCUT2D eigenvalue weighted by molar-refractivity contribution is 5.71. The number of ether oxygens (including phenoxy) is 1. The fraction of sp³-hybridized carbons (Fsp3) is 0.636. The highest BCUT2D eigenvalue weighted by Gasteiger charge is 2.12. The van der Waals surface area contributed by atoms with Gasteiger partial charge in [-0.1, -0.05) is 6.92 Å². The van der Waals surface area contributed by atoms with E-state index in [1.54, 1.807) is 6.20 Å². The Bertz CT molecular complexity index is 336. The lowest BCUT2D eigenvalue weighted by Crippen LogP contribution is -2.31. The maximum atomic E-state index is 11.3. The first-order chi connectivity index (χ1) is 7.67. The summed E-state index contributed by atoms with van der Waals surface area (Å²) in [6, 6.07) is 0. The quantitative estimate of drug-likeness (QED) is 0.672. The lowest BCUT2D eigenvalue weighted by Gasteiger charge is -2.18. The van der Waals surface area contributed by atoms with Gasteiger partial charge in [-0.05, 0) is 13.5 Å². The number of hydrogen-bond acceptors (Lipinski definition) is 4. The van der Waals surface area contributed by atoms with Gasteiger partial charge in [-0.15, -0.1) is 0 Å². The van der Waals surface area contributed by atoms with Crippen molar-refractivity contribution in [3.05, 3.63) is 18.2 Å². The van der Waals surface area contributed by atoms with Crippen molar-refractivity contribution < 1.29 is 9.53 Å². The summed E-state index contributed by atoms with van der Waals surface area (Å²) in [5.74, 6) is 0.768. The number of aryl methyl sites for hydroxylation is 1. The van der Waals surface area contributed by atoms with Gasteiger partial charge in [-0.2, -0.15) is 0 Å². The Morgan fingerprint density at radius 1 is 1.56 bits per heavy atom. The van der Waals surface area contributed by atoms with Crippen LogP contribution in [0.25, 0.3) is 0 Å². The molecule has 0 bridgehead atoms. The van der Waals surface area contributed by atoms with Crippen LogP contribution in [-0.2, 0) is 23.1 Å². The number of esters is 1. The number of imidazole rings is 1. The fourth-order valence-electron chi connectivity index (χ4n) is 1.42. The van der Waals surface area contributed by atoms with Crippen molar-refractivity contribution in [2.24, 2.45) is 7.05 Å². The second-order valence-electron chi connectivity index (χ2n) is 3.56. The maximum absolute atomic E-state index is 11.3. The average molecular weight is 225 g/mol. The largest absolute Gasteiger partial charge is 0.465 e. The first-order valence-corrected chi connectivity index (χ1v) is 5.51. The first-order valence-electron chi connectivity index (χ1n) is 5.51. The van der Waals surface area contributed by atoms with Crippen LogP contribution in [0.5, 0.6) is 0 Å². The van der Waals surface area contributed by atoms with Crippen LogP contribution in [0.4, 0.5) is 0 Å². The van der Waals surface area contributed by atoms with Crippen molar-refractivity contribution in [3.8, 4) is 0 Å². The number of likely N-dealkylation sites (N-methyl/N-ethyl adjacent to an activating group) is 1. The van der Waals surface area contributed by atoms with Crippen molar-refractivity contribution in [2.45, 2.75) is 20.4 Å². The van der Waals surface area contributed by atoms with Crippen molar-refractivity contribution in [1.82, 2.24) is 14.5 Å². The summed E-state index contributed by atoms with van der Waals surface area (Å²) in [5.41, 5.74) is 0. The molecule has 0 saturated heterocycles. The van der Waals surface area contributed by atoms with E-state index in [9.17, 15) is 4.79 Å². The Hall–Kier alpha value is -1.36. The molecule has 90 valence electrons. The summed E-state index contributed by atoms with van der Waals surface area (Å²) >= 11 is 0. The molecule has 5 heteroatoms. The predicted octanol–water partition coefficient (Wildman–Crippen LogP) is 0.805. The summed E-state index contributed by atoms with van der Waals surface area (Å²) in [5, 5.41) is 0. The third-order valence-electron chi connectivity index (χ3n) is 2.39. The molecule has 0 amide bonds. The SMILES string of the molecule is CCOC(=O)CN(CC)Cc1nccn1C. The predicted molar refractivity (Wildman–Crippen MR) is 60.8 cm³/mol. The number of nitrogens with zero attached hydrogens (tertiary/aromatic N) is 3. The smallest absolute Gasteiger partial charge is 0.320 e. The summed E-state index contributed by atoms with van der Waals surface area (Å²) in [4.78, 5) is 17.6. The van der Waals surface area contributed by atoms with Gasteiger partial charge < -0.3 is 9.30 Å². The molecule has 1 aromatic rings. The zero-order chi connectivity index (χ0) is 12.0. The molecule has 0 radical (unpaired) electrons. The van der Waals surface area contributed by atoms with Gasteiger partial charge in [-0.25, -0.2) is 4.98 Å². The zero-order valence-electron chi connectivity index (χ0n) is 10.1. The molecule has 1 heterocycles. The topological polar surface area (TPSA) is 47.4 Å². The molecule has 0 fully saturated rings. The van der Waals surface area contributed by atoms with Crippen molar-refractivity contribution in [1.29, 1.82) is 0 Å². The lowest BCUT2D eigenvalue weighted by molar-refractivity contribution is -0.144. The van der Waals surface area contributed by atoms with Crippen LogP contribution in [0.1, 0.15) is 19.7 Å². The van der Waals surface area contributed by atoms with Crippen LogP contribution >= 0.6 is 0 Å². The number of aromatic nitrogens is 2. The van der Waals surface area contributed by atoms with Gasteiger partial charge in [0.25, 0.3) is 0 Å². The van der Waals surface area contributed by atoms with Crippen LogP contribution in [0.3, 0.4) is 0 Å². The molecule has 0 unspecified atom stereocenters. The van der Waals surface area contributed by atoms with Crippen molar-refractivity contribution in [2.75, 3.05) is 19.7 Å². The molecule has 16 heavy (non-hydrogen) atoms. The summed E-state index contributed by atoms with van der Waals surface area (Å²) in [6.07, 6.45) is 3.65. The first kappa shape index (κ1) is 12.7. The summed E-state index contributed by atoms with van der Waals surface area (Å²) in [7, 11) is 1.94. The number of hydrogen-bond donors (Lipinski definition) is 0. The molecule has 1 aromatic heterocycles. The average Bonchev–Trinajstić information content (AvgIpc) is 2.64. The molecule has 0 N–H and O–H groups in total. The molecular weight excluding hydrogens is 206 g/mol. The maximum Gasteiger partial charge on any atom is 0.320 e. The third kappa shape index (κ3) is 3.66. The van der Waals surface area contributed by atoms with Gasteiger partial charge in [-0.3, -0.25) is 9.69 Å². The van der Waals surface area contributed by atoms with Crippen LogP contribution in [-0.4, -0.2) is 40.1 Å². The van der Waals surface area contributed by atoms with E-state index in [1.165, 1.54) is 0 Å². The lowest BCUT2D eigenvalue weighted by atomic mass is 10.4. The molecule has 0 atom stereocenters. The number of carbonyl (C=O) groups excluding carboxylic acids is 1. The van der Waals surface area contributed by atoms with Gasteiger partial charge in [0.2, 0.25) is 0 Å². The molecule has 0 aliphatic carbocycles. The summed E-state index contributed by atoms with van der Waals surface area (Å²) in [6.45, 7) is 6.04. The Labute approximate surface area is 96.0 Å². The van der Waals surface area contributed by atoms with E-state index in [4.69, 9.17) is 4.74 Å². The molecule has 0 aliphatic heterocycles. The van der Waals surface area contributed by atoms with E-state index in [1.807, 2.05) is 36.6 Å². The number of carbonyl (C=O) groups is 1. The highest BCUT2D eigenvalue weighted by Crippen LogP contribution is 2.01. The molecule has 5 nitrogen and oxygen atoms in total. The number of rotatable bonds is 6. The van der Waals surface area contributed by atoms with Crippen LogP contribution in [0, 0.1) is 0 Å². The zero-order valence-corrected chi connectivity index (χ0v) is 10.1. The summed E-state index contributed by atoms with van der Waals surface area (Å²) < 4.78 is 6.87. The normalized spacial score (nSPS) is 10.8. The van der Waals surface area contributed by atoms with Crippen LogP contribution in [0.15, 0.2) is 12.4 Å². The molecular formula is C11H19N3O2. The molecule has 0 aliphatic rings. The van der Waals surface area contributed by atoms with E-state index >= 15 is 0 Å². The van der Waals surface area contributed by atoms with E-state index in [-0.39, 0.29) is 5.97 Å². The van der Waals surface area contributed by atoms with Crippen LogP contribution in [0.2, 0.25) is 0 Å². The minimum Gasteiger partial charge on any atom is -0.465 e. The van der Waals surface area contributed by atoms with Gasteiger partial charge in [0.1, 0.15) is 5.82 Å². The minimum atomic E-state index is -0.182. The van der Waals surface area contributed by atoms with Crippen LogP contribution < -0.4 is 0 Å². The van der Waals surface area contributed by atoms with E-state index in [0.717, 1.165) is 12.4 Å². The van der Waals surface area contributed by atoms with Gasteiger partial charge in [0.05, 0.1) is 19.7 Å². The van der Waals surface area contributed by atoms with E-state index in [0.29, 0.717) is 19.7 Å². The highest BCUT2D eigenvalue weighted by atomic mass is 16.5. The fourth-order valence-corrected chi connectivity index (χ4v) is 1.42. The third-order valence-corrected chi connectivity index (χ3v) is 2.39. The molecule has 0 aromatic carbocycles. The Morgan fingerprint density at radius 2 is 2.31 bits per heavy atom. The second-order valence-corrected chi connectivity index (χ2v) is 3.56. The monoisotopic (exact) mass is 225 g/mol. The van der Waals surface area contributed by atoms with Crippen molar-refractivity contribution >= 4 is 5.97 Å². The Morgan fingerprint density at radius 3 is 2.81 bits per heavy atom. The molecule has 0 spiro atoms. The second kappa shape index (κ2) is 6.27. The minimum absolute atomic E-state index is 0.182. The van der Waals surface area contributed by atoms with Gasteiger partial charge in [0.15, 0.2) is 0 Å². The Kier molecular flexibility index (Phi) is 4.98. The van der Waals surface area contributed by atoms with Crippen molar-refractivity contribution in [3.63, 3.8) is 0 Å².